The van der Waals surface area contributed by atoms with E-state index in [-0.39, 0.29) is 6.04 Å². The van der Waals surface area contributed by atoms with Gasteiger partial charge in [0, 0.05) is 11.6 Å². The van der Waals surface area contributed by atoms with Crippen LogP contribution in [0.4, 0.5) is 0 Å². The summed E-state index contributed by atoms with van der Waals surface area (Å²) >= 11 is 12.2. The average molecular weight is 299 g/mol. The third-order valence-corrected chi connectivity index (χ3v) is 3.52. The fourth-order valence-electron chi connectivity index (χ4n) is 2.10. The summed E-state index contributed by atoms with van der Waals surface area (Å²) in [5.74, 6) is 5.66. The Kier molecular flexibility index (Phi) is 4.82. The van der Waals surface area contributed by atoms with E-state index in [4.69, 9.17) is 29.0 Å². The summed E-state index contributed by atoms with van der Waals surface area (Å²) in [6, 6.07) is 7.60. The smallest absolute Gasteiger partial charge is 0.0834 e. The SMILES string of the molecule is CCn1ncc(Cl)c1C(Cc1cccc(Cl)c1)NN. The molecule has 102 valence electrons. The number of halogens is 2. The summed E-state index contributed by atoms with van der Waals surface area (Å²) in [4.78, 5) is 0. The molecular formula is C13H16Cl2N4. The van der Waals surface area contributed by atoms with Crippen LogP contribution in [-0.4, -0.2) is 9.78 Å². The number of benzene rings is 1. The fourth-order valence-corrected chi connectivity index (χ4v) is 2.59. The van der Waals surface area contributed by atoms with Gasteiger partial charge < -0.3 is 0 Å². The van der Waals surface area contributed by atoms with Gasteiger partial charge in [-0.1, -0.05) is 35.3 Å². The highest BCUT2D eigenvalue weighted by atomic mass is 35.5. The molecule has 4 nitrogen and oxygen atoms in total. The molecule has 0 aliphatic carbocycles. The molecule has 1 aromatic carbocycles. The second-order valence-corrected chi connectivity index (χ2v) is 5.09. The zero-order valence-electron chi connectivity index (χ0n) is 10.6. The Morgan fingerprint density at radius 2 is 2.21 bits per heavy atom. The first-order valence-corrected chi connectivity index (χ1v) is 6.83. The third kappa shape index (κ3) is 3.28. The van der Waals surface area contributed by atoms with Gasteiger partial charge in [-0.25, -0.2) is 0 Å². The van der Waals surface area contributed by atoms with E-state index in [9.17, 15) is 0 Å². The molecule has 1 unspecified atom stereocenters. The summed E-state index contributed by atoms with van der Waals surface area (Å²) in [6.45, 7) is 2.76. The number of nitrogens with two attached hydrogens (primary N) is 1. The Morgan fingerprint density at radius 1 is 1.42 bits per heavy atom. The summed E-state index contributed by atoms with van der Waals surface area (Å²) in [6.07, 6.45) is 2.34. The predicted molar refractivity (Wildman–Crippen MR) is 78.1 cm³/mol. The van der Waals surface area contributed by atoms with Crippen molar-refractivity contribution in [1.29, 1.82) is 0 Å². The third-order valence-electron chi connectivity index (χ3n) is 2.99. The van der Waals surface area contributed by atoms with E-state index in [1.165, 1.54) is 0 Å². The minimum atomic E-state index is -0.103. The lowest BCUT2D eigenvalue weighted by Gasteiger charge is -2.18. The minimum Gasteiger partial charge on any atom is -0.271 e. The van der Waals surface area contributed by atoms with Gasteiger partial charge in [-0.2, -0.15) is 5.10 Å². The number of hydrogen-bond acceptors (Lipinski definition) is 3. The fraction of sp³-hybridized carbons (Fsp3) is 0.308. The highest BCUT2D eigenvalue weighted by molar-refractivity contribution is 6.31. The van der Waals surface area contributed by atoms with Crippen LogP contribution in [0.15, 0.2) is 30.5 Å². The van der Waals surface area contributed by atoms with Crippen LogP contribution in [0.2, 0.25) is 10.0 Å². The van der Waals surface area contributed by atoms with Crippen LogP contribution in [-0.2, 0) is 13.0 Å². The van der Waals surface area contributed by atoms with E-state index in [0.29, 0.717) is 16.5 Å². The number of hydrazine groups is 1. The van der Waals surface area contributed by atoms with Crippen LogP contribution in [0.5, 0.6) is 0 Å². The molecule has 1 atom stereocenters. The van der Waals surface area contributed by atoms with Crippen molar-refractivity contribution >= 4 is 23.2 Å². The maximum Gasteiger partial charge on any atom is 0.0834 e. The normalized spacial score (nSPS) is 12.6. The molecule has 0 saturated carbocycles. The molecule has 1 aromatic heterocycles. The molecule has 0 radical (unpaired) electrons. The summed E-state index contributed by atoms with van der Waals surface area (Å²) in [5.41, 5.74) is 4.79. The van der Waals surface area contributed by atoms with E-state index in [2.05, 4.69) is 10.5 Å². The van der Waals surface area contributed by atoms with Gasteiger partial charge in [-0.3, -0.25) is 16.0 Å². The van der Waals surface area contributed by atoms with Crippen molar-refractivity contribution in [2.75, 3.05) is 0 Å². The van der Waals surface area contributed by atoms with E-state index >= 15 is 0 Å². The number of aromatic nitrogens is 2. The lowest BCUT2D eigenvalue weighted by molar-refractivity contribution is 0.491. The van der Waals surface area contributed by atoms with Crippen molar-refractivity contribution in [1.82, 2.24) is 15.2 Å². The Bertz CT molecular complexity index is 553. The maximum absolute atomic E-state index is 6.19. The molecule has 2 rings (SSSR count). The average Bonchev–Trinajstić information content (AvgIpc) is 2.77. The Morgan fingerprint density at radius 3 is 2.84 bits per heavy atom. The van der Waals surface area contributed by atoms with Crippen LogP contribution in [0.3, 0.4) is 0 Å². The number of rotatable bonds is 5. The van der Waals surface area contributed by atoms with Gasteiger partial charge in [0.1, 0.15) is 0 Å². The molecule has 2 aromatic rings. The Balaban J connectivity index is 2.27. The van der Waals surface area contributed by atoms with Crippen LogP contribution in [0, 0.1) is 0 Å². The Hall–Kier alpha value is -1.07. The summed E-state index contributed by atoms with van der Waals surface area (Å²) in [7, 11) is 0. The van der Waals surface area contributed by atoms with Gasteiger partial charge in [0.15, 0.2) is 0 Å². The van der Waals surface area contributed by atoms with Crippen molar-refractivity contribution in [2.24, 2.45) is 5.84 Å². The van der Waals surface area contributed by atoms with Crippen molar-refractivity contribution in [3.05, 3.63) is 51.8 Å². The van der Waals surface area contributed by atoms with E-state index in [0.717, 1.165) is 17.8 Å². The van der Waals surface area contributed by atoms with Crippen molar-refractivity contribution in [2.45, 2.75) is 25.9 Å². The minimum absolute atomic E-state index is 0.103. The monoisotopic (exact) mass is 298 g/mol. The molecule has 0 bridgehead atoms. The van der Waals surface area contributed by atoms with E-state index in [1.54, 1.807) is 6.20 Å². The zero-order chi connectivity index (χ0) is 13.8. The van der Waals surface area contributed by atoms with Gasteiger partial charge in [0.2, 0.25) is 0 Å². The molecular weight excluding hydrogens is 283 g/mol. The molecule has 1 heterocycles. The number of nitrogens with one attached hydrogen (secondary N) is 1. The first-order valence-electron chi connectivity index (χ1n) is 6.07. The second kappa shape index (κ2) is 6.39. The summed E-state index contributed by atoms with van der Waals surface area (Å²) < 4.78 is 1.84. The highest BCUT2D eigenvalue weighted by Gasteiger charge is 2.19. The van der Waals surface area contributed by atoms with Crippen molar-refractivity contribution in [3.8, 4) is 0 Å². The van der Waals surface area contributed by atoms with Gasteiger partial charge in [-0.05, 0) is 31.0 Å². The van der Waals surface area contributed by atoms with Crippen LogP contribution >= 0.6 is 23.2 Å². The highest BCUT2D eigenvalue weighted by Crippen LogP contribution is 2.26. The molecule has 0 aliphatic heterocycles. The Labute approximate surface area is 122 Å². The van der Waals surface area contributed by atoms with Gasteiger partial charge in [0.05, 0.1) is 23.0 Å². The van der Waals surface area contributed by atoms with Crippen LogP contribution in [0.25, 0.3) is 0 Å². The molecule has 0 spiro atoms. The molecule has 3 N–H and O–H groups in total. The van der Waals surface area contributed by atoms with Crippen molar-refractivity contribution < 1.29 is 0 Å². The number of nitrogens with zero attached hydrogens (tertiary/aromatic N) is 2. The summed E-state index contributed by atoms with van der Waals surface area (Å²) in [5, 5.41) is 5.55. The van der Waals surface area contributed by atoms with E-state index < -0.39 is 0 Å². The molecule has 6 heteroatoms. The zero-order valence-corrected chi connectivity index (χ0v) is 12.1. The number of aryl methyl sites for hydroxylation is 1. The molecule has 0 fully saturated rings. The largest absolute Gasteiger partial charge is 0.271 e. The first-order chi connectivity index (χ1) is 9.15. The molecule has 0 saturated heterocycles. The van der Waals surface area contributed by atoms with E-state index in [1.807, 2.05) is 35.9 Å². The van der Waals surface area contributed by atoms with Gasteiger partial charge >= 0.3 is 0 Å². The van der Waals surface area contributed by atoms with Crippen LogP contribution in [0.1, 0.15) is 24.2 Å². The molecule has 0 aliphatic rings. The number of hydrogen-bond donors (Lipinski definition) is 2. The van der Waals surface area contributed by atoms with Crippen LogP contribution < -0.4 is 11.3 Å². The maximum atomic E-state index is 6.19. The predicted octanol–water partition coefficient (Wildman–Crippen LogP) is 2.96. The standard InChI is InChI=1S/C13H16Cl2N4/c1-2-19-13(11(15)8-17-19)12(18-16)7-9-4-3-5-10(14)6-9/h3-6,8,12,18H,2,7,16H2,1H3. The first kappa shape index (κ1) is 14.3. The van der Waals surface area contributed by atoms with Gasteiger partial charge in [-0.15, -0.1) is 0 Å². The topological polar surface area (TPSA) is 55.9 Å². The lowest BCUT2D eigenvalue weighted by Crippen LogP contribution is -2.31. The van der Waals surface area contributed by atoms with Crippen molar-refractivity contribution in [3.63, 3.8) is 0 Å². The molecule has 0 amide bonds. The molecule has 19 heavy (non-hydrogen) atoms. The quantitative estimate of drug-likeness (QED) is 0.659. The van der Waals surface area contributed by atoms with Gasteiger partial charge in [0.25, 0.3) is 0 Å². The second-order valence-electron chi connectivity index (χ2n) is 4.25. The lowest BCUT2D eigenvalue weighted by atomic mass is 10.0.